The molecule has 4 rings (SSSR count). The van der Waals surface area contributed by atoms with Crippen LogP contribution in [-0.2, 0) is 16.1 Å². The predicted molar refractivity (Wildman–Crippen MR) is 83.4 cm³/mol. The van der Waals surface area contributed by atoms with Gasteiger partial charge in [-0.3, -0.25) is 0 Å². The molecule has 1 atom stereocenters. The number of ether oxygens (including phenoxy) is 2. The zero-order valence-corrected chi connectivity index (χ0v) is 13.0. The van der Waals surface area contributed by atoms with E-state index in [-0.39, 0.29) is 5.92 Å². The van der Waals surface area contributed by atoms with Gasteiger partial charge < -0.3 is 9.47 Å². The molecular weight excluding hydrogens is 300 g/mol. The third-order valence-corrected chi connectivity index (χ3v) is 4.73. The molecule has 0 amide bonds. The van der Waals surface area contributed by atoms with Crippen LogP contribution in [0.4, 0.5) is 0 Å². The van der Waals surface area contributed by atoms with Gasteiger partial charge in [0, 0.05) is 19.6 Å². The number of rotatable bonds is 4. The number of fused-ring (bicyclic) bond motifs is 1. The van der Waals surface area contributed by atoms with Gasteiger partial charge in [0.25, 0.3) is 0 Å². The minimum absolute atomic E-state index is 0.270. The lowest BCUT2D eigenvalue weighted by Gasteiger charge is -2.00. The second-order valence-corrected chi connectivity index (χ2v) is 6.26. The third kappa shape index (κ3) is 2.41. The highest BCUT2D eigenvalue weighted by Crippen LogP contribution is 2.27. The summed E-state index contributed by atoms with van der Waals surface area (Å²) in [6.07, 6.45) is 0.969. The topological polar surface area (TPSA) is 62.1 Å². The SMILES string of the molecule is COCc1nc([C@@H]2CCOC2)nn1-c1nc2ccccc2s1. The van der Waals surface area contributed by atoms with E-state index in [0.29, 0.717) is 13.2 Å². The van der Waals surface area contributed by atoms with Crippen molar-refractivity contribution in [2.24, 2.45) is 0 Å². The smallest absolute Gasteiger partial charge is 0.213 e. The molecule has 3 heterocycles. The summed E-state index contributed by atoms with van der Waals surface area (Å²) in [7, 11) is 1.66. The van der Waals surface area contributed by atoms with Crippen molar-refractivity contribution in [1.82, 2.24) is 19.7 Å². The lowest BCUT2D eigenvalue weighted by Crippen LogP contribution is -2.04. The quantitative estimate of drug-likeness (QED) is 0.740. The number of para-hydroxylation sites is 1. The molecule has 6 nitrogen and oxygen atoms in total. The Kier molecular flexibility index (Phi) is 3.61. The molecule has 2 aromatic heterocycles. The van der Waals surface area contributed by atoms with E-state index in [0.717, 1.165) is 40.0 Å². The minimum atomic E-state index is 0.270. The summed E-state index contributed by atoms with van der Waals surface area (Å²) in [5.41, 5.74) is 0.979. The van der Waals surface area contributed by atoms with Gasteiger partial charge in [0.15, 0.2) is 11.6 Å². The number of nitrogens with zero attached hydrogens (tertiary/aromatic N) is 4. The second kappa shape index (κ2) is 5.75. The molecule has 0 aliphatic carbocycles. The molecule has 1 aliphatic heterocycles. The minimum Gasteiger partial charge on any atom is -0.381 e. The van der Waals surface area contributed by atoms with E-state index in [9.17, 15) is 0 Å². The van der Waals surface area contributed by atoms with Crippen LogP contribution >= 0.6 is 11.3 Å². The lowest BCUT2D eigenvalue weighted by atomic mass is 10.1. The molecule has 0 unspecified atom stereocenters. The molecule has 0 saturated carbocycles. The zero-order valence-electron chi connectivity index (χ0n) is 12.2. The van der Waals surface area contributed by atoms with Crippen molar-refractivity contribution in [2.45, 2.75) is 18.9 Å². The largest absolute Gasteiger partial charge is 0.381 e. The van der Waals surface area contributed by atoms with Gasteiger partial charge in [-0.1, -0.05) is 23.5 Å². The highest BCUT2D eigenvalue weighted by molar-refractivity contribution is 7.20. The molecule has 0 radical (unpaired) electrons. The molecule has 22 heavy (non-hydrogen) atoms. The summed E-state index contributed by atoms with van der Waals surface area (Å²) in [6, 6.07) is 8.08. The molecule has 114 valence electrons. The molecule has 0 N–H and O–H groups in total. The number of hydrogen-bond donors (Lipinski definition) is 0. The first-order valence-corrected chi connectivity index (χ1v) is 8.05. The molecule has 0 bridgehead atoms. The monoisotopic (exact) mass is 316 g/mol. The van der Waals surface area contributed by atoms with Crippen LogP contribution in [0, 0.1) is 0 Å². The van der Waals surface area contributed by atoms with Gasteiger partial charge in [-0.2, -0.15) is 4.68 Å². The molecule has 7 heteroatoms. The van der Waals surface area contributed by atoms with Gasteiger partial charge in [-0.05, 0) is 18.6 Å². The molecule has 1 aromatic carbocycles. The Morgan fingerprint density at radius 3 is 3.05 bits per heavy atom. The van der Waals surface area contributed by atoms with Gasteiger partial charge in [0.2, 0.25) is 5.13 Å². The van der Waals surface area contributed by atoms with Crippen LogP contribution in [0.1, 0.15) is 24.0 Å². The predicted octanol–water partition coefficient (Wildman–Crippen LogP) is 2.53. The van der Waals surface area contributed by atoms with E-state index in [4.69, 9.17) is 9.47 Å². The van der Waals surface area contributed by atoms with Crippen LogP contribution in [0.2, 0.25) is 0 Å². The van der Waals surface area contributed by atoms with E-state index in [1.807, 2.05) is 22.9 Å². The molecule has 1 fully saturated rings. The fourth-order valence-electron chi connectivity index (χ4n) is 2.60. The highest BCUT2D eigenvalue weighted by atomic mass is 32.1. The summed E-state index contributed by atoms with van der Waals surface area (Å²) in [6.45, 7) is 1.88. The van der Waals surface area contributed by atoms with Crippen molar-refractivity contribution in [3.63, 3.8) is 0 Å². The van der Waals surface area contributed by atoms with Crippen molar-refractivity contribution < 1.29 is 9.47 Å². The highest BCUT2D eigenvalue weighted by Gasteiger charge is 2.24. The first-order valence-electron chi connectivity index (χ1n) is 7.23. The maximum atomic E-state index is 5.44. The first-order chi connectivity index (χ1) is 10.8. The second-order valence-electron chi connectivity index (χ2n) is 5.26. The van der Waals surface area contributed by atoms with Crippen molar-refractivity contribution >= 4 is 21.6 Å². The van der Waals surface area contributed by atoms with Crippen LogP contribution < -0.4 is 0 Å². The molecule has 3 aromatic rings. The Morgan fingerprint density at radius 1 is 1.36 bits per heavy atom. The van der Waals surface area contributed by atoms with Gasteiger partial charge in [0.1, 0.15) is 6.61 Å². The van der Waals surface area contributed by atoms with E-state index in [1.54, 1.807) is 18.4 Å². The van der Waals surface area contributed by atoms with E-state index in [2.05, 4.69) is 21.1 Å². The normalized spacial score (nSPS) is 18.3. The summed E-state index contributed by atoms with van der Waals surface area (Å²) in [5.74, 6) is 1.87. The van der Waals surface area contributed by atoms with Crippen molar-refractivity contribution in [2.75, 3.05) is 20.3 Å². The average Bonchev–Trinajstić information content (AvgIpc) is 3.26. The number of thiazole rings is 1. The van der Waals surface area contributed by atoms with E-state index >= 15 is 0 Å². The van der Waals surface area contributed by atoms with Gasteiger partial charge in [-0.25, -0.2) is 9.97 Å². The van der Waals surface area contributed by atoms with Crippen molar-refractivity contribution in [3.05, 3.63) is 35.9 Å². The Labute approximate surface area is 131 Å². The Hall–Kier alpha value is -1.83. The zero-order chi connectivity index (χ0) is 14.9. The number of methoxy groups -OCH3 is 1. The number of benzene rings is 1. The van der Waals surface area contributed by atoms with Crippen LogP contribution in [0.3, 0.4) is 0 Å². The maximum absolute atomic E-state index is 5.44. The Bertz CT molecular complexity index is 759. The summed E-state index contributed by atoms with van der Waals surface area (Å²) < 4.78 is 13.7. The van der Waals surface area contributed by atoms with Crippen LogP contribution in [0.25, 0.3) is 15.3 Å². The molecule has 1 aliphatic rings. The molecule has 0 spiro atoms. The molecular formula is C15H16N4O2S. The maximum Gasteiger partial charge on any atom is 0.213 e. The Morgan fingerprint density at radius 2 is 2.27 bits per heavy atom. The van der Waals surface area contributed by atoms with Gasteiger partial charge >= 0.3 is 0 Å². The average molecular weight is 316 g/mol. The first kappa shape index (κ1) is 13.8. The van der Waals surface area contributed by atoms with Crippen LogP contribution in [0.15, 0.2) is 24.3 Å². The van der Waals surface area contributed by atoms with Crippen molar-refractivity contribution in [1.29, 1.82) is 0 Å². The van der Waals surface area contributed by atoms with Crippen molar-refractivity contribution in [3.8, 4) is 5.13 Å². The van der Waals surface area contributed by atoms with Gasteiger partial charge in [0.05, 0.1) is 16.8 Å². The summed E-state index contributed by atoms with van der Waals surface area (Å²) in [5, 5.41) is 5.49. The lowest BCUT2D eigenvalue weighted by molar-refractivity contribution is 0.175. The Balaban J connectivity index is 1.78. The standard InChI is InChI=1S/C15H16N4O2S/c1-20-9-13-17-14(10-6-7-21-8-10)18-19(13)15-16-11-4-2-3-5-12(11)22-15/h2-5,10H,6-9H2,1H3/t10-/m1/s1. The van der Waals surface area contributed by atoms with E-state index < -0.39 is 0 Å². The van der Waals surface area contributed by atoms with Crippen LogP contribution in [-0.4, -0.2) is 40.1 Å². The number of hydrogen-bond acceptors (Lipinski definition) is 6. The fraction of sp³-hybridized carbons (Fsp3) is 0.400. The fourth-order valence-corrected chi connectivity index (χ4v) is 3.54. The van der Waals surface area contributed by atoms with Crippen LogP contribution in [0.5, 0.6) is 0 Å². The summed E-state index contributed by atoms with van der Waals surface area (Å²) >= 11 is 1.61. The van der Waals surface area contributed by atoms with Gasteiger partial charge in [-0.15, -0.1) is 5.10 Å². The third-order valence-electron chi connectivity index (χ3n) is 3.72. The summed E-state index contributed by atoms with van der Waals surface area (Å²) in [4.78, 5) is 9.30. The van der Waals surface area contributed by atoms with E-state index in [1.165, 1.54) is 0 Å². The number of aromatic nitrogens is 4. The molecule has 1 saturated heterocycles.